The van der Waals surface area contributed by atoms with E-state index >= 15 is 0 Å². The highest BCUT2D eigenvalue weighted by Crippen LogP contribution is 2.19. The van der Waals surface area contributed by atoms with Crippen molar-refractivity contribution >= 4 is 85.9 Å². The van der Waals surface area contributed by atoms with Crippen LogP contribution >= 0.6 is 0 Å². The van der Waals surface area contributed by atoms with Gasteiger partial charge in [0.25, 0.3) is 11.8 Å². The number of fused-ring (bicyclic) bond motifs is 5. The summed E-state index contributed by atoms with van der Waals surface area (Å²) in [5.74, 6) is -0.348. The van der Waals surface area contributed by atoms with Gasteiger partial charge in [-0.3, -0.25) is 47.5 Å². The monoisotopic (exact) mass is 1540 g/mol. The van der Waals surface area contributed by atoms with Gasteiger partial charge in [-0.1, -0.05) is 127 Å². The summed E-state index contributed by atoms with van der Waals surface area (Å²) in [4.78, 5) is 164. The molecular formula is C78H96N10O23. The summed E-state index contributed by atoms with van der Waals surface area (Å²) >= 11 is 0. The summed E-state index contributed by atoms with van der Waals surface area (Å²) < 4.78 is 58.5. The van der Waals surface area contributed by atoms with E-state index in [2.05, 4.69) is 35.8 Å². The van der Waals surface area contributed by atoms with Gasteiger partial charge in [-0.2, -0.15) is 0 Å². The van der Waals surface area contributed by atoms with Gasteiger partial charge in [-0.25, -0.2) is 38.5 Å². The van der Waals surface area contributed by atoms with Crippen LogP contribution in [0.25, 0.3) is 55.2 Å². The van der Waals surface area contributed by atoms with Crippen LogP contribution in [0.5, 0.6) is 11.8 Å². The molecule has 0 aliphatic rings. The molecule has 0 saturated heterocycles. The topological polar surface area (TPSA) is 379 Å². The molecule has 0 amide bonds. The molecule has 5 aromatic heterocycles. The Morgan fingerprint density at radius 3 is 1.05 bits per heavy atom. The van der Waals surface area contributed by atoms with E-state index in [1.165, 1.54) is 27.9 Å². The SMILES string of the molecule is CCCCn1c(=O)c(=O)n(C(=O)OC(C)C)c2ccccc21.CCCCn1c(=O)c(=O)n(COC(=O)OC)c2ccccc21.CCCCn1c(=O)c(=O)n(COC(=O)OCC)c2ccccc21.CCCCn1c(=O)c(OC(=O)OC(C)C)nc2ccccc21.CCCCn1c(=O)c(OCOC(=O)OC)nc2ccccc21. The van der Waals surface area contributed by atoms with Crippen LogP contribution in [0, 0.1) is 0 Å². The molecule has 0 radical (unpaired) electrons. The molecule has 0 spiro atoms. The van der Waals surface area contributed by atoms with E-state index in [-0.39, 0.29) is 49.6 Å². The lowest BCUT2D eigenvalue weighted by molar-refractivity contribution is 0.0125. The average Bonchev–Trinajstić information content (AvgIpc) is 0.782. The minimum Gasteiger partial charge on any atom is -0.446 e. The van der Waals surface area contributed by atoms with Crippen molar-refractivity contribution < 1.29 is 71.3 Å². The largest absolute Gasteiger partial charge is 0.515 e. The summed E-state index contributed by atoms with van der Waals surface area (Å²) in [6.07, 6.45) is 3.63. The standard InChI is InChI=1S/C16H20N2O5.2C16H20N2O4.2C15H18N2O5/c1-3-5-10-17-12-8-6-7-9-13(12)18(15(20)14(17)19)11-23-16(21)22-4-2;1-4-5-10-18-13-9-7-6-8-12(13)17-14(15(18)19)22-16(20)21-11(2)3;1-4-5-10-17-12-8-6-7-9-13(12)18(15(20)14(17)19)16(21)22-11(2)3;1-3-4-9-17-12-8-6-5-7-11(12)16-13(14(17)18)21-10-22-15(19)20-2;1-3-4-9-16-11-7-5-6-8-12(11)17(14(19)13(16)18)10-22-15(20)21-2/h6-9H,3-5,10-11H2,1-2H3;2*6-9,11H,4-5,10H2,1-3H3;2*5-8H,3-4,9-10H2,1-2H3. The van der Waals surface area contributed by atoms with Gasteiger partial charge in [0.15, 0.2) is 13.5 Å². The molecule has 33 heteroatoms. The predicted octanol–water partition coefficient (Wildman–Crippen LogP) is 11.6. The summed E-state index contributed by atoms with van der Waals surface area (Å²) in [5, 5.41) is 0. The second kappa shape index (κ2) is 44.1. The molecule has 111 heavy (non-hydrogen) atoms. The summed E-state index contributed by atoms with van der Waals surface area (Å²) in [7, 11) is 2.36. The maximum atomic E-state index is 12.5. The van der Waals surface area contributed by atoms with E-state index in [0.29, 0.717) is 76.9 Å². The van der Waals surface area contributed by atoms with Crippen molar-refractivity contribution in [1.82, 2.24) is 46.5 Å². The maximum absolute atomic E-state index is 12.5. The number of nitrogens with zero attached hydrogens (tertiary/aromatic N) is 10. The van der Waals surface area contributed by atoms with Gasteiger partial charge in [0, 0.05) is 32.7 Å². The lowest BCUT2D eigenvalue weighted by Crippen LogP contribution is -2.44. The molecule has 596 valence electrons. The molecule has 0 aliphatic carbocycles. The Labute approximate surface area is 636 Å². The van der Waals surface area contributed by atoms with Crippen LogP contribution in [-0.2, 0) is 84.1 Å². The Bertz CT molecular complexity index is 5360. The second-order valence-corrected chi connectivity index (χ2v) is 24.9. The summed E-state index contributed by atoms with van der Waals surface area (Å²) in [6, 6.07) is 35.5. The normalized spacial score (nSPS) is 10.8. The minimum absolute atomic E-state index is 0.0984. The molecular weight excluding hydrogens is 1440 g/mol. The van der Waals surface area contributed by atoms with Crippen molar-refractivity contribution in [3.05, 3.63) is 204 Å². The molecule has 33 nitrogen and oxygen atoms in total. The number of aryl methyl sites for hydroxylation is 5. The fraction of sp³-hybridized carbons (Fsp3) is 0.423. The van der Waals surface area contributed by atoms with Gasteiger partial charge in [0.2, 0.25) is 6.79 Å². The molecule has 0 N–H and O–H groups in total. The van der Waals surface area contributed by atoms with Gasteiger partial charge in [0.05, 0.1) is 88.2 Å². The van der Waals surface area contributed by atoms with Crippen molar-refractivity contribution in [3.8, 4) is 11.8 Å². The van der Waals surface area contributed by atoms with Gasteiger partial charge in [-0.05, 0) is 127 Å². The van der Waals surface area contributed by atoms with E-state index in [0.717, 1.165) is 88.9 Å². The first kappa shape index (κ1) is 87.5. The third-order valence-electron chi connectivity index (χ3n) is 16.3. The molecule has 10 aromatic rings. The lowest BCUT2D eigenvalue weighted by atomic mass is 10.2. The molecule has 5 aromatic carbocycles. The van der Waals surface area contributed by atoms with Crippen LogP contribution in [0.2, 0.25) is 0 Å². The molecule has 10 rings (SSSR count). The second-order valence-electron chi connectivity index (χ2n) is 24.9. The molecule has 0 unspecified atom stereocenters. The zero-order chi connectivity index (χ0) is 81.3. The van der Waals surface area contributed by atoms with Crippen molar-refractivity contribution in [3.63, 3.8) is 0 Å². The summed E-state index contributed by atoms with van der Waals surface area (Å²) in [5.41, 5.74) is 0.978. The number of benzene rings is 5. The Kier molecular flexibility index (Phi) is 34.8. The number of carbonyl (C=O) groups is 5. The molecule has 0 bridgehead atoms. The zero-order valence-electron chi connectivity index (χ0n) is 64.5. The number of rotatable bonds is 26. The number of ether oxygens (including phenoxy) is 10. The van der Waals surface area contributed by atoms with Crippen LogP contribution in [-0.4, -0.2) is 117 Å². The Morgan fingerprint density at radius 1 is 0.342 bits per heavy atom. The average molecular weight is 1540 g/mol. The fourth-order valence-electron chi connectivity index (χ4n) is 10.9. The van der Waals surface area contributed by atoms with Crippen LogP contribution in [0.3, 0.4) is 0 Å². The van der Waals surface area contributed by atoms with E-state index < -0.39 is 76.4 Å². The minimum atomic E-state index is -0.920. The van der Waals surface area contributed by atoms with E-state index in [9.17, 15) is 62.3 Å². The van der Waals surface area contributed by atoms with Crippen LogP contribution in [0.15, 0.2) is 160 Å². The fourth-order valence-corrected chi connectivity index (χ4v) is 10.9. The number of carbonyl (C=O) groups excluding carboxylic acids is 5. The van der Waals surface area contributed by atoms with E-state index in [1.54, 1.807) is 129 Å². The van der Waals surface area contributed by atoms with Crippen LogP contribution in [0.4, 0.5) is 24.0 Å². The molecule has 0 aliphatic heterocycles. The first-order valence-corrected chi connectivity index (χ1v) is 36.5. The van der Waals surface area contributed by atoms with Gasteiger partial charge < -0.3 is 70.2 Å². The molecule has 0 atom stereocenters. The smallest absolute Gasteiger partial charge is 0.446 e. The third kappa shape index (κ3) is 23.8. The number of aromatic nitrogens is 10. The molecule has 0 saturated carbocycles. The quantitative estimate of drug-likeness (QED) is 0.0210. The van der Waals surface area contributed by atoms with Gasteiger partial charge in [-0.15, -0.1) is 0 Å². The number of hydrogen-bond acceptors (Lipinski definition) is 25. The first-order valence-electron chi connectivity index (χ1n) is 36.5. The van der Waals surface area contributed by atoms with Gasteiger partial charge >= 0.3 is 75.2 Å². The third-order valence-corrected chi connectivity index (χ3v) is 16.3. The highest BCUT2D eigenvalue weighted by molar-refractivity contribution is 5.86. The lowest BCUT2D eigenvalue weighted by Gasteiger charge is -2.15. The molecule has 5 heterocycles. The Morgan fingerprint density at radius 2 is 0.658 bits per heavy atom. The Hall–Kier alpha value is -12.5. The predicted molar refractivity (Wildman–Crippen MR) is 414 cm³/mol. The van der Waals surface area contributed by atoms with E-state index in [1.807, 2.05) is 64.1 Å². The van der Waals surface area contributed by atoms with Crippen LogP contribution in [0.1, 0.15) is 133 Å². The van der Waals surface area contributed by atoms with Crippen molar-refractivity contribution in [2.24, 2.45) is 0 Å². The molecule has 0 fully saturated rings. The number of methoxy groups -OCH3 is 2. The zero-order valence-corrected chi connectivity index (χ0v) is 64.5. The number of para-hydroxylation sites is 10. The van der Waals surface area contributed by atoms with Crippen LogP contribution < -0.4 is 53.9 Å². The number of hydrogen-bond donors (Lipinski definition) is 0. The summed E-state index contributed by atoms with van der Waals surface area (Å²) in [6.45, 7) is 20.1. The highest BCUT2D eigenvalue weighted by atomic mass is 16.8. The van der Waals surface area contributed by atoms with Crippen molar-refractivity contribution in [1.29, 1.82) is 0 Å². The van der Waals surface area contributed by atoms with Crippen molar-refractivity contribution in [2.45, 2.75) is 192 Å². The highest BCUT2D eigenvalue weighted by Gasteiger charge is 2.22. The van der Waals surface area contributed by atoms with Crippen molar-refractivity contribution in [2.75, 3.05) is 27.6 Å². The first-order chi connectivity index (χ1) is 53.4. The van der Waals surface area contributed by atoms with E-state index in [4.69, 9.17) is 28.4 Å². The maximum Gasteiger partial charge on any atom is 0.515 e. The number of unbranched alkanes of at least 4 members (excludes halogenated alkanes) is 5. The Balaban J connectivity index is 0.000000216. The van der Waals surface area contributed by atoms with Gasteiger partial charge in [0.1, 0.15) is 0 Å².